The maximum atomic E-state index is 11.9. The van der Waals surface area contributed by atoms with Crippen LogP contribution in [-0.2, 0) is 9.59 Å². The van der Waals surface area contributed by atoms with Gasteiger partial charge in [-0.15, -0.1) is 0 Å². The fourth-order valence-electron chi connectivity index (χ4n) is 2.36. The van der Waals surface area contributed by atoms with E-state index < -0.39 is 0 Å². The van der Waals surface area contributed by atoms with Crippen molar-refractivity contribution >= 4 is 46.6 Å². The lowest BCUT2D eigenvalue weighted by Gasteiger charge is -2.10. The number of halogens is 2. The van der Waals surface area contributed by atoms with Crippen LogP contribution in [0.15, 0.2) is 42.5 Å². The van der Waals surface area contributed by atoms with E-state index in [0.717, 1.165) is 5.56 Å². The van der Waals surface area contributed by atoms with Gasteiger partial charge in [-0.1, -0.05) is 29.3 Å². The first-order valence-electron chi connectivity index (χ1n) is 8.72. The molecule has 0 radical (unpaired) electrons. The second kappa shape index (κ2) is 10.7. The Morgan fingerprint density at radius 2 is 1.64 bits per heavy atom. The van der Waals surface area contributed by atoms with Crippen molar-refractivity contribution in [2.24, 2.45) is 0 Å². The van der Waals surface area contributed by atoms with Gasteiger partial charge in [0.05, 0.1) is 6.54 Å². The van der Waals surface area contributed by atoms with E-state index in [1.54, 1.807) is 49.4 Å². The highest BCUT2D eigenvalue weighted by atomic mass is 35.5. The average Bonchev–Trinajstić information content (AvgIpc) is 2.67. The fourth-order valence-corrected chi connectivity index (χ4v) is 2.66. The molecule has 28 heavy (non-hydrogen) atoms. The Morgan fingerprint density at radius 3 is 2.36 bits per heavy atom. The Balaban J connectivity index is 1.64. The Bertz CT molecular complexity index is 854. The summed E-state index contributed by atoms with van der Waals surface area (Å²) < 4.78 is 0. The zero-order valence-electron chi connectivity index (χ0n) is 15.4. The van der Waals surface area contributed by atoms with Gasteiger partial charge in [0.2, 0.25) is 11.8 Å². The fraction of sp³-hybridized carbons (Fsp3) is 0.250. The highest BCUT2D eigenvalue weighted by molar-refractivity contribution is 6.31. The minimum absolute atomic E-state index is 0.137. The quantitative estimate of drug-likeness (QED) is 0.569. The summed E-state index contributed by atoms with van der Waals surface area (Å²) in [5, 5.41) is 9.10. The van der Waals surface area contributed by atoms with E-state index in [1.165, 1.54) is 0 Å². The van der Waals surface area contributed by atoms with E-state index in [1.807, 2.05) is 0 Å². The predicted molar refractivity (Wildman–Crippen MR) is 111 cm³/mol. The normalized spacial score (nSPS) is 10.2. The van der Waals surface area contributed by atoms with Crippen LogP contribution < -0.4 is 16.0 Å². The van der Waals surface area contributed by atoms with Gasteiger partial charge in [0.15, 0.2) is 0 Å². The summed E-state index contributed by atoms with van der Waals surface area (Å²) >= 11 is 11.8. The molecule has 0 heterocycles. The topological polar surface area (TPSA) is 87.3 Å². The Kier molecular flexibility index (Phi) is 8.29. The third-order valence-corrected chi connectivity index (χ3v) is 4.62. The molecule has 0 fully saturated rings. The molecule has 2 aromatic rings. The van der Waals surface area contributed by atoms with Gasteiger partial charge in [-0.25, -0.2) is 0 Å². The van der Waals surface area contributed by atoms with Gasteiger partial charge < -0.3 is 16.0 Å². The smallest absolute Gasteiger partial charge is 0.251 e. The molecule has 0 saturated carbocycles. The molecule has 0 bridgehead atoms. The molecule has 0 unspecified atom stereocenters. The van der Waals surface area contributed by atoms with E-state index in [9.17, 15) is 14.4 Å². The van der Waals surface area contributed by atoms with Crippen LogP contribution in [-0.4, -0.2) is 30.8 Å². The van der Waals surface area contributed by atoms with Gasteiger partial charge in [0, 0.05) is 34.3 Å². The highest BCUT2D eigenvalue weighted by Crippen LogP contribution is 2.22. The standard InChI is InChI=1S/C20H21Cl2N3O3/c1-13-16(22)4-2-5-17(13)25-19(27)12-24-18(26)6-3-11-23-20(28)14-7-9-15(21)10-8-14/h2,4-5,7-10H,3,6,11-12H2,1H3,(H,23,28)(H,24,26)(H,25,27). The van der Waals surface area contributed by atoms with E-state index in [0.29, 0.717) is 34.3 Å². The first-order valence-corrected chi connectivity index (χ1v) is 9.48. The molecular weight excluding hydrogens is 401 g/mol. The molecule has 0 aromatic heterocycles. The van der Waals surface area contributed by atoms with Crippen LogP contribution in [0.3, 0.4) is 0 Å². The molecule has 0 spiro atoms. The second-order valence-corrected chi connectivity index (χ2v) is 6.95. The predicted octanol–water partition coefficient (Wildman–Crippen LogP) is 3.57. The number of hydrogen-bond acceptors (Lipinski definition) is 3. The third-order valence-electron chi connectivity index (χ3n) is 3.96. The maximum absolute atomic E-state index is 11.9. The van der Waals surface area contributed by atoms with Crippen molar-refractivity contribution in [3.63, 3.8) is 0 Å². The number of rotatable bonds is 8. The van der Waals surface area contributed by atoms with Crippen molar-refractivity contribution in [3.05, 3.63) is 63.6 Å². The van der Waals surface area contributed by atoms with Gasteiger partial charge >= 0.3 is 0 Å². The monoisotopic (exact) mass is 421 g/mol. The first-order chi connectivity index (χ1) is 13.4. The minimum Gasteiger partial charge on any atom is -0.352 e. The number of carbonyl (C=O) groups is 3. The van der Waals surface area contributed by atoms with Crippen molar-refractivity contribution < 1.29 is 14.4 Å². The van der Waals surface area contributed by atoms with E-state index in [4.69, 9.17) is 23.2 Å². The van der Waals surface area contributed by atoms with Gasteiger partial charge in [0.25, 0.3) is 5.91 Å². The Labute approximate surface area is 173 Å². The SMILES string of the molecule is Cc1c(Cl)cccc1NC(=O)CNC(=O)CCCNC(=O)c1ccc(Cl)cc1. The molecule has 0 aliphatic heterocycles. The lowest BCUT2D eigenvalue weighted by molar-refractivity contribution is -0.124. The minimum atomic E-state index is -0.338. The molecule has 148 valence electrons. The Morgan fingerprint density at radius 1 is 0.929 bits per heavy atom. The summed E-state index contributed by atoms with van der Waals surface area (Å²) in [5.41, 5.74) is 1.87. The van der Waals surface area contributed by atoms with Crippen LogP contribution in [0.25, 0.3) is 0 Å². The van der Waals surface area contributed by atoms with Crippen LogP contribution in [0.4, 0.5) is 5.69 Å². The van der Waals surface area contributed by atoms with Crippen molar-refractivity contribution in [2.75, 3.05) is 18.4 Å². The maximum Gasteiger partial charge on any atom is 0.251 e. The van der Waals surface area contributed by atoms with Crippen LogP contribution in [0.2, 0.25) is 10.0 Å². The molecule has 6 nitrogen and oxygen atoms in total. The van der Waals surface area contributed by atoms with E-state index >= 15 is 0 Å². The third kappa shape index (κ3) is 6.87. The van der Waals surface area contributed by atoms with Gasteiger partial charge in [-0.2, -0.15) is 0 Å². The zero-order chi connectivity index (χ0) is 20.5. The molecule has 0 aliphatic rings. The molecule has 2 rings (SSSR count). The van der Waals surface area contributed by atoms with Crippen LogP contribution >= 0.6 is 23.2 Å². The lowest BCUT2D eigenvalue weighted by atomic mass is 10.2. The largest absolute Gasteiger partial charge is 0.352 e. The van der Waals surface area contributed by atoms with Gasteiger partial charge in [0.1, 0.15) is 0 Å². The van der Waals surface area contributed by atoms with Crippen molar-refractivity contribution in [3.8, 4) is 0 Å². The van der Waals surface area contributed by atoms with Gasteiger partial charge in [-0.05, 0) is 55.3 Å². The molecule has 0 aliphatic carbocycles. The first kappa shape index (κ1) is 21.7. The zero-order valence-corrected chi connectivity index (χ0v) is 16.9. The molecular formula is C20H21Cl2N3O3. The average molecular weight is 422 g/mol. The van der Waals surface area contributed by atoms with Crippen LogP contribution in [0.1, 0.15) is 28.8 Å². The number of nitrogens with one attached hydrogen (secondary N) is 3. The van der Waals surface area contributed by atoms with Crippen LogP contribution in [0, 0.1) is 6.92 Å². The van der Waals surface area contributed by atoms with Crippen molar-refractivity contribution in [2.45, 2.75) is 19.8 Å². The molecule has 3 N–H and O–H groups in total. The number of anilines is 1. The van der Waals surface area contributed by atoms with Crippen LogP contribution in [0.5, 0.6) is 0 Å². The summed E-state index contributed by atoms with van der Waals surface area (Å²) in [6.07, 6.45) is 0.657. The summed E-state index contributed by atoms with van der Waals surface area (Å²) in [7, 11) is 0. The molecule has 3 amide bonds. The summed E-state index contributed by atoms with van der Waals surface area (Å²) in [4.78, 5) is 35.7. The van der Waals surface area contributed by atoms with E-state index in [-0.39, 0.29) is 30.7 Å². The number of carbonyl (C=O) groups excluding carboxylic acids is 3. The Hall–Kier alpha value is -2.57. The molecule has 8 heteroatoms. The second-order valence-electron chi connectivity index (χ2n) is 6.10. The summed E-state index contributed by atoms with van der Waals surface area (Å²) in [5.74, 6) is -0.832. The highest BCUT2D eigenvalue weighted by Gasteiger charge is 2.09. The lowest BCUT2D eigenvalue weighted by Crippen LogP contribution is -2.33. The van der Waals surface area contributed by atoms with Crippen molar-refractivity contribution in [1.82, 2.24) is 10.6 Å². The summed E-state index contributed by atoms with van der Waals surface area (Å²) in [6.45, 7) is 2.01. The molecule has 2 aromatic carbocycles. The number of hydrogen-bond donors (Lipinski definition) is 3. The molecule has 0 saturated heterocycles. The summed E-state index contributed by atoms with van der Waals surface area (Å²) in [6, 6.07) is 11.8. The molecule has 0 atom stereocenters. The van der Waals surface area contributed by atoms with Gasteiger partial charge in [-0.3, -0.25) is 14.4 Å². The van der Waals surface area contributed by atoms with Crippen molar-refractivity contribution in [1.29, 1.82) is 0 Å². The number of benzene rings is 2. The number of amides is 3. The van der Waals surface area contributed by atoms with E-state index in [2.05, 4.69) is 16.0 Å².